The van der Waals surface area contributed by atoms with Crippen LogP contribution in [0.15, 0.2) is 0 Å². The molecule has 110 valence electrons. The van der Waals surface area contributed by atoms with Gasteiger partial charge in [-0.15, -0.1) is 0 Å². The zero-order chi connectivity index (χ0) is 13.8. The van der Waals surface area contributed by atoms with Crippen molar-refractivity contribution in [3.63, 3.8) is 0 Å². The SMILES string of the molecule is CC1CCCC(C)C1N1CCCN(CC(=O)O)CC1. The molecular formula is C15H28N2O2. The Bertz CT molecular complexity index is 299. The lowest BCUT2D eigenvalue weighted by molar-refractivity contribution is -0.138. The van der Waals surface area contributed by atoms with Gasteiger partial charge in [-0.3, -0.25) is 14.6 Å². The van der Waals surface area contributed by atoms with Crippen LogP contribution in [0.1, 0.15) is 39.5 Å². The number of hydrogen-bond acceptors (Lipinski definition) is 3. The summed E-state index contributed by atoms with van der Waals surface area (Å²) in [6, 6.07) is 0.707. The van der Waals surface area contributed by atoms with Crippen molar-refractivity contribution >= 4 is 5.97 Å². The van der Waals surface area contributed by atoms with Crippen molar-refractivity contribution < 1.29 is 9.90 Å². The van der Waals surface area contributed by atoms with Crippen LogP contribution in [0.4, 0.5) is 0 Å². The molecule has 2 fully saturated rings. The lowest BCUT2D eigenvalue weighted by Gasteiger charge is -2.42. The van der Waals surface area contributed by atoms with E-state index in [9.17, 15) is 4.79 Å². The van der Waals surface area contributed by atoms with Crippen LogP contribution in [-0.4, -0.2) is 59.6 Å². The molecule has 0 bridgehead atoms. The van der Waals surface area contributed by atoms with Gasteiger partial charge < -0.3 is 5.11 Å². The van der Waals surface area contributed by atoms with E-state index in [0.717, 1.165) is 44.4 Å². The molecule has 0 aromatic heterocycles. The molecule has 1 N–H and O–H groups in total. The molecule has 19 heavy (non-hydrogen) atoms. The highest BCUT2D eigenvalue weighted by atomic mass is 16.4. The summed E-state index contributed by atoms with van der Waals surface area (Å²) in [4.78, 5) is 15.5. The summed E-state index contributed by atoms with van der Waals surface area (Å²) in [6.07, 6.45) is 5.18. The maximum absolute atomic E-state index is 10.8. The quantitative estimate of drug-likeness (QED) is 0.849. The van der Waals surface area contributed by atoms with Crippen molar-refractivity contribution in [3.8, 4) is 0 Å². The second-order valence-corrected chi connectivity index (χ2v) is 6.44. The molecule has 4 heteroatoms. The molecule has 1 aliphatic heterocycles. The molecule has 0 radical (unpaired) electrons. The Morgan fingerprint density at radius 3 is 2.37 bits per heavy atom. The van der Waals surface area contributed by atoms with Gasteiger partial charge >= 0.3 is 5.97 Å². The first kappa shape index (κ1) is 14.8. The highest BCUT2D eigenvalue weighted by molar-refractivity contribution is 5.69. The van der Waals surface area contributed by atoms with E-state index in [0.29, 0.717) is 6.04 Å². The second kappa shape index (κ2) is 6.71. The van der Waals surface area contributed by atoms with Crippen LogP contribution in [0.2, 0.25) is 0 Å². The summed E-state index contributed by atoms with van der Waals surface area (Å²) in [6.45, 7) is 8.98. The maximum atomic E-state index is 10.8. The predicted octanol–water partition coefficient (Wildman–Crippen LogP) is 1.90. The first-order chi connectivity index (χ1) is 9.08. The Labute approximate surface area is 116 Å². The van der Waals surface area contributed by atoms with Crippen molar-refractivity contribution in [3.05, 3.63) is 0 Å². The molecule has 1 saturated heterocycles. The van der Waals surface area contributed by atoms with Gasteiger partial charge in [-0.25, -0.2) is 0 Å². The zero-order valence-corrected chi connectivity index (χ0v) is 12.3. The van der Waals surface area contributed by atoms with Crippen molar-refractivity contribution in [1.29, 1.82) is 0 Å². The van der Waals surface area contributed by atoms with Gasteiger partial charge in [-0.05, 0) is 37.6 Å². The fraction of sp³-hybridized carbons (Fsp3) is 0.933. The van der Waals surface area contributed by atoms with Crippen molar-refractivity contribution in [2.24, 2.45) is 11.8 Å². The smallest absolute Gasteiger partial charge is 0.317 e. The fourth-order valence-corrected chi connectivity index (χ4v) is 4.02. The maximum Gasteiger partial charge on any atom is 0.317 e. The molecule has 4 nitrogen and oxygen atoms in total. The molecule has 1 aliphatic carbocycles. The minimum atomic E-state index is -0.701. The van der Waals surface area contributed by atoms with Crippen molar-refractivity contribution in [2.75, 3.05) is 32.7 Å². The Morgan fingerprint density at radius 1 is 1.05 bits per heavy atom. The highest BCUT2D eigenvalue weighted by Crippen LogP contribution is 2.33. The minimum Gasteiger partial charge on any atom is -0.480 e. The molecule has 2 aliphatic rings. The van der Waals surface area contributed by atoms with E-state index in [1.807, 2.05) is 0 Å². The molecule has 2 rings (SSSR count). The zero-order valence-electron chi connectivity index (χ0n) is 12.3. The summed E-state index contributed by atoms with van der Waals surface area (Å²) in [5, 5.41) is 8.90. The molecule has 0 spiro atoms. The van der Waals surface area contributed by atoms with E-state index in [1.165, 1.54) is 19.3 Å². The summed E-state index contributed by atoms with van der Waals surface area (Å²) in [5.74, 6) is 0.873. The van der Waals surface area contributed by atoms with Crippen LogP contribution >= 0.6 is 0 Å². The minimum absolute atomic E-state index is 0.198. The number of carboxylic acids is 1. The lowest BCUT2D eigenvalue weighted by atomic mass is 9.78. The third-order valence-electron chi connectivity index (χ3n) is 4.89. The molecule has 0 aromatic carbocycles. The molecule has 1 saturated carbocycles. The highest BCUT2D eigenvalue weighted by Gasteiger charge is 2.33. The summed E-state index contributed by atoms with van der Waals surface area (Å²) in [7, 11) is 0. The third kappa shape index (κ3) is 3.93. The average molecular weight is 268 g/mol. The van der Waals surface area contributed by atoms with Crippen LogP contribution in [-0.2, 0) is 4.79 Å². The predicted molar refractivity (Wildman–Crippen MR) is 76.2 cm³/mol. The Balaban J connectivity index is 1.92. The normalized spacial score (nSPS) is 34.9. The second-order valence-electron chi connectivity index (χ2n) is 6.44. The van der Waals surface area contributed by atoms with Gasteiger partial charge in [-0.1, -0.05) is 20.3 Å². The van der Waals surface area contributed by atoms with Crippen LogP contribution in [0.5, 0.6) is 0 Å². The van der Waals surface area contributed by atoms with Crippen LogP contribution < -0.4 is 0 Å². The van der Waals surface area contributed by atoms with Crippen molar-refractivity contribution in [2.45, 2.75) is 45.6 Å². The summed E-state index contributed by atoms with van der Waals surface area (Å²) >= 11 is 0. The van der Waals surface area contributed by atoms with Crippen LogP contribution in [0.25, 0.3) is 0 Å². The van der Waals surface area contributed by atoms with E-state index in [2.05, 4.69) is 23.6 Å². The van der Waals surface area contributed by atoms with E-state index >= 15 is 0 Å². The van der Waals surface area contributed by atoms with Gasteiger partial charge in [0.15, 0.2) is 0 Å². The van der Waals surface area contributed by atoms with E-state index in [1.54, 1.807) is 0 Å². The summed E-state index contributed by atoms with van der Waals surface area (Å²) < 4.78 is 0. The largest absolute Gasteiger partial charge is 0.480 e. The van der Waals surface area contributed by atoms with Crippen LogP contribution in [0, 0.1) is 11.8 Å². The van der Waals surface area contributed by atoms with Gasteiger partial charge in [0.2, 0.25) is 0 Å². The topological polar surface area (TPSA) is 43.8 Å². The molecule has 0 aromatic rings. The third-order valence-corrected chi connectivity index (χ3v) is 4.89. The molecular weight excluding hydrogens is 240 g/mol. The first-order valence-corrected chi connectivity index (χ1v) is 7.76. The molecule has 2 atom stereocenters. The Kier molecular flexibility index (Phi) is 5.22. The Hall–Kier alpha value is -0.610. The number of hydrogen-bond donors (Lipinski definition) is 1. The van der Waals surface area contributed by atoms with E-state index in [4.69, 9.17) is 5.11 Å². The number of carboxylic acid groups (broad SMARTS) is 1. The average Bonchev–Trinajstić information content (AvgIpc) is 2.54. The van der Waals surface area contributed by atoms with Gasteiger partial charge in [0.1, 0.15) is 0 Å². The number of carbonyl (C=O) groups is 1. The first-order valence-electron chi connectivity index (χ1n) is 7.76. The van der Waals surface area contributed by atoms with Gasteiger partial charge in [0.25, 0.3) is 0 Å². The lowest BCUT2D eigenvalue weighted by Crippen LogP contribution is -2.47. The van der Waals surface area contributed by atoms with E-state index < -0.39 is 5.97 Å². The molecule has 0 amide bonds. The van der Waals surface area contributed by atoms with Gasteiger partial charge in [-0.2, -0.15) is 0 Å². The van der Waals surface area contributed by atoms with Gasteiger partial charge in [0.05, 0.1) is 6.54 Å². The standard InChI is InChI=1S/C15H28N2O2/c1-12-5-3-6-13(2)15(12)17-8-4-7-16(9-10-17)11-14(18)19/h12-13,15H,3-11H2,1-2H3,(H,18,19). The molecule has 1 heterocycles. The number of rotatable bonds is 3. The molecule has 2 unspecified atom stereocenters. The van der Waals surface area contributed by atoms with E-state index in [-0.39, 0.29) is 6.54 Å². The fourth-order valence-electron chi connectivity index (χ4n) is 4.02. The summed E-state index contributed by atoms with van der Waals surface area (Å²) in [5.41, 5.74) is 0. The number of nitrogens with zero attached hydrogens (tertiary/aromatic N) is 2. The number of aliphatic carboxylic acids is 1. The van der Waals surface area contributed by atoms with Crippen molar-refractivity contribution in [1.82, 2.24) is 9.80 Å². The monoisotopic (exact) mass is 268 g/mol. The van der Waals surface area contributed by atoms with Gasteiger partial charge in [0, 0.05) is 25.7 Å². The van der Waals surface area contributed by atoms with Crippen LogP contribution in [0.3, 0.4) is 0 Å². The Morgan fingerprint density at radius 2 is 1.74 bits per heavy atom.